The van der Waals surface area contributed by atoms with Gasteiger partial charge in [-0.05, 0) is 35.7 Å². The molecule has 102 valence electrons. The first-order valence-corrected chi connectivity index (χ1v) is 6.87. The summed E-state index contributed by atoms with van der Waals surface area (Å²) in [6.45, 7) is 1.70. The van der Waals surface area contributed by atoms with E-state index in [4.69, 9.17) is 16.7 Å². The Morgan fingerprint density at radius 1 is 1.15 bits per heavy atom. The van der Waals surface area contributed by atoms with Gasteiger partial charge in [-0.15, -0.1) is 0 Å². The summed E-state index contributed by atoms with van der Waals surface area (Å²) in [6, 6.07) is 13.3. The van der Waals surface area contributed by atoms with Crippen LogP contribution in [0.15, 0.2) is 42.5 Å². The second-order valence-corrected chi connectivity index (χ2v) is 5.32. The standard InChI is InChI=1S/C16H14ClNO2/c17-14-9-12(16(19)20)5-6-15(14)18-8-7-11-3-1-2-4-13(11)10-18/h1-6,9H,7-8,10H2,(H,19,20). The second kappa shape index (κ2) is 5.17. The summed E-state index contributed by atoms with van der Waals surface area (Å²) >= 11 is 6.23. The van der Waals surface area contributed by atoms with Crippen LogP contribution in [0.4, 0.5) is 5.69 Å². The van der Waals surface area contributed by atoms with Crippen molar-refractivity contribution in [3.05, 3.63) is 64.2 Å². The van der Waals surface area contributed by atoms with Gasteiger partial charge in [0, 0.05) is 13.1 Å². The molecule has 2 aromatic rings. The van der Waals surface area contributed by atoms with E-state index < -0.39 is 5.97 Å². The molecule has 0 amide bonds. The lowest BCUT2D eigenvalue weighted by molar-refractivity contribution is 0.0697. The number of aromatic carboxylic acids is 1. The summed E-state index contributed by atoms with van der Waals surface area (Å²) in [4.78, 5) is 13.1. The minimum atomic E-state index is -0.956. The van der Waals surface area contributed by atoms with Gasteiger partial charge in [0.1, 0.15) is 0 Å². The van der Waals surface area contributed by atoms with E-state index >= 15 is 0 Å². The number of hydrogen-bond donors (Lipinski definition) is 1. The highest BCUT2D eigenvalue weighted by molar-refractivity contribution is 6.33. The third-order valence-corrected chi connectivity index (χ3v) is 3.97. The molecule has 0 aliphatic carbocycles. The molecule has 0 aromatic heterocycles. The SMILES string of the molecule is O=C(O)c1ccc(N2CCc3ccccc3C2)c(Cl)c1. The molecule has 1 N–H and O–H groups in total. The highest BCUT2D eigenvalue weighted by atomic mass is 35.5. The Morgan fingerprint density at radius 3 is 2.60 bits per heavy atom. The molecule has 20 heavy (non-hydrogen) atoms. The number of nitrogens with zero attached hydrogens (tertiary/aromatic N) is 1. The molecule has 0 atom stereocenters. The van der Waals surface area contributed by atoms with Crippen molar-refractivity contribution in [3.8, 4) is 0 Å². The van der Waals surface area contributed by atoms with E-state index in [2.05, 4.69) is 23.1 Å². The quantitative estimate of drug-likeness (QED) is 0.917. The smallest absolute Gasteiger partial charge is 0.335 e. The third-order valence-electron chi connectivity index (χ3n) is 3.67. The van der Waals surface area contributed by atoms with Gasteiger partial charge in [-0.1, -0.05) is 35.9 Å². The van der Waals surface area contributed by atoms with Crippen LogP contribution in [0.3, 0.4) is 0 Å². The third kappa shape index (κ3) is 2.37. The number of carboxylic acids is 1. The Kier molecular flexibility index (Phi) is 3.36. The van der Waals surface area contributed by atoms with Gasteiger partial charge in [0.05, 0.1) is 16.3 Å². The molecule has 0 saturated carbocycles. The van der Waals surface area contributed by atoms with Crippen molar-refractivity contribution in [2.45, 2.75) is 13.0 Å². The minimum Gasteiger partial charge on any atom is -0.478 e. The summed E-state index contributed by atoms with van der Waals surface area (Å²) in [5, 5.41) is 9.46. The molecule has 0 fully saturated rings. The molecule has 0 unspecified atom stereocenters. The molecule has 3 nitrogen and oxygen atoms in total. The predicted octanol–water partition coefficient (Wildman–Crippen LogP) is 3.60. The Balaban J connectivity index is 1.90. The predicted molar refractivity (Wildman–Crippen MR) is 79.6 cm³/mol. The number of benzene rings is 2. The topological polar surface area (TPSA) is 40.5 Å². The van der Waals surface area contributed by atoms with E-state index in [0.717, 1.165) is 25.2 Å². The number of hydrogen-bond acceptors (Lipinski definition) is 2. The molecule has 2 aromatic carbocycles. The molecule has 1 heterocycles. The van der Waals surface area contributed by atoms with Gasteiger partial charge in [-0.2, -0.15) is 0 Å². The fourth-order valence-electron chi connectivity index (χ4n) is 2.60. The van der Waals surface area contributed by atoms with Crippen molar-refractivity contribution in [1.82, 2.24) is 0 Å². The molecular formula is C16H14ClNO2. The molecule has 3 rings (SSSR count). The first kappa shape index (κ1) is 13.0. The normalized spacial score (nSPS) is 13.9. The van der Waals surface area contributed by atoms with Crippen molar-refractivity contribution in [1.29, 1.82) is 0 Å². The zero-order valence-electron chi connectivity index (χ0n) is 10.8. The monoisotopic (exact) mass is 287 g/mol. The number of fused-ring (bicyclic) bond motifs is 1. The van der Waals surface area contributed by atoms with Crippen LogP contribution in [0.2, 0.25) is 5.02 Å². The zero-order chi connectivity index (χ0) is 14.1. The molecule has 4 heteroatoms. The average molecular weight is 288 g/mol. The summed E-state index contributed by atoms with van der Waals surface area (Å²) in [5.74, 6) is -0.956. The minimum absolute atomic E-state index is 0.219. The van der Waals surface area contributed by atoms with Crippen LogP contribution in [0, 0.1) is 0 Å². The van der Waals surface area contributed by atoms with Gasteiger partial charge < -0.3 is 10.0 Å². The first-order valence-electron chi connectivity index (χ1n) is 6.50. The highest BCUT2D eigenvalue weighted by Gasteiger charge is 2.18. The van der Waals surface area contributed by atoms with Crippen LogP contribution in [0.1, 0.15) is 21.5 Å². The molecule has 0 spiro atoms. The average Bonchev–Trinajstić information content (AvgIpc) is 2.46. The zero-order valence-corrected chi connectivity index (χ0v) is 11.6. The van der Waals surface area contributed by atoms with E-state index in [1.165, 1.54) is 17.2 Å². The number of carbonyl (C=O) groups is 1. The summed E-state index contributed by atoms with van der Waals surface area (Å²) in [7, 11) is 0. The van der Waals surface area contributed by atoms with Crippen LogP contribution in [0.25, 0.3) is 0 Å². The largest absolute Gasteiger partial charge is 0.478 e. The fraction of sp³-hybridized carbons (Fsp3) is 0.188. The van der Waals surface area contributed by atoms with Crippen LogP contribution in [-0.2, 0) is 13.0 Å². The second-order valence-electron chi connectivity index (χ2n) is 4.91. The molecule has 0 saturated heterocycles. The fourth-order valence-corrected chi connectivity index (χ4v) is 2.90. The van der Waals surface area contributed by atoms with E-state index in [1.54, 1.807) is 12.1 Å². The van der Waals surface area contributed by atoms with Crippen molar-refractivity contribution in [2.75, 3.05) is 11.4 Å². The number of anilines is 1. The first-order chi connectivity index (χ1) is 9.65. The molecule has 1 aliphatic rings. The summed E-state index contributed by atoms with van der Waals surface area (Å²) in [5.41, 5.74) is 3.79. The van der Waals surface area contributed by atoms with E-state index in [9.17, 15) is 4.79 Å². The van der Waals surface area contributed by atoms with Gasteiger partial charge in [0.2, 0.25) is 0 Å². The Hall–Kier alpha value is -2.00. The maximum atomic E-state index is 10.9. The summed E-state index contributed by atoms with van der Waals surface area (Å²) in [6.07, 6.45) is 0.979. The van der Waals surface area contributed by atoms with Gasteiger partial charge in [-0.25, -0.2) is 4.79 Å². The van der Waals surface area contributed by atoms with Crippen LogP contribution < -0.4 is 4.90 Å². The Labute approximate surface area is 122 Å². The maximum Gasteiger partial charge on any atom is 0.335 e. The van der Waals surface area contributed by atoms with E-state index in [-0.39, 0.29) is 5.56 Å². The van der Waals surface area contributed by atoms with Crippen molar-refractivity contribution in [2.24, 2.45) is 0 Å². The lowest BCUT2D eigenvalue weighted by Gasteiger charge is -2.31. The van der Waals surface area contributed by atoms with E-state index in [1.807, 2.05) is 6.07 Å². The number of halogens is 1. The maximum absolute atomic E-state index is 10.9. The highest BCUT2D eigenvalue weighted by Crippen LogP contribution is 2.31. The number of rotatable bonds is 2. The Bertz CT molecular complexity index is 669. The summed E-state index contributed by atoms with van der Waals surface area (Å²) < 4.78 is 0. The number of carboxylic acid groups (broad SMARTS) is 1. The van der Waals surface area contributed by atoms with Crippen molar-refractivity contribution < 1.29 is 9.90 Å². The van der Waals surface area contributed by atoms with Gasteiger partial charge in [0.25, 0.3) is 0 Å². The molecule has 0 bridgehead atoms. The lowest BCUT2D eigenvalue weighted by atomic mass is 9.99. The molecule has 1 aliphatic heterocycles. The van der Waals surface area contributed by atoms with Gasteiger partial charge >= 0.3 is 5.97 Å². The van der Waals surface area contributed by atoms with Crippen LogP contribution in [0.5, 0.6) is 0 Å². The van der Waals surface area contributed by atoms with Gasteiger partial charge in [-0.3, -0.25) is 0 Å². The Morgan fingerprint density at radius 2 is 1.90 bits per heavy atom. The van der Waals surface area contributed by atoms with Crippen LogP contribution in [-0.4, -0.2) is 17.6 Å². The van der Waals surface area contributed by atoms with Gasteiger partial charge in [0.15, 0.2) is 0 Å². The molecular weight excluding hydrogens is 274 g/mol. The van der Waals surface area contributed by atoms with Crippen molar-refractivity contribution in [3.63, 3.8) is 0 Å². The van der Waals surface area contributed by atoms with Crippen LogP contribution >= 0.6 is 11.6 Å². The van der Waals surface area contributed by atoms with Crippen molar-refractivity contribution >= 4 is 23.3 Å². The lowest BCUT2D eigenvalue weighted by Crippen LogP contribution is -2.30. The van der Waals surface area contributed by atoms with E-state index in [0.29, 0.717) is 5.02 Å². The molecule has 0 radical (unpaired) electrons.